The highest BCUT2D eigenvalue weighted by molar-refractivity contribution is 5.98. The molecule has 0 aliphatic heterocycles. The lowest BCUT2D eigenvalue weighted by atomic mass is 9.96. The molecular formula is C49H31N3. The van der Waals surface area contributed by atoms with Gasteiger partial charge in [0.2, 0.25) is 0 Å². The van der Waals surface area contributed by atoms with Crippen LogP contribution < -0.4 is 0 Å². The van der Waals surface area contributed by atoms with Crippen LogP contribution in [0.4, 0.5) is 0 Å². The van der Waals surface area contributed by atoms with Crippen LogP contribution in [0.2, 0.25) is 0 Å². The lowest BCUT2D eigenvalue weighted by Gasteiger charge is -2.12. The van der Waals surface area contributed by atoms with Gasteiger partial charge in [-0.1, -0.05) is 164 Å². The van der Waals surface area contributed by atoms with E-state index in [2.05, 4.69) is 188 Å². The highest BCUT2D eigenvalue weighted by atomic mass is 15.0. The standard InChI is InChI=1S/C49H31N3/c1-2-13-35-28-38(23-22-32(35)10-1)40-27-26-39-29-37(24-25-41(39)30-40)36-16-7-17-42(31-36)47-50-48(45-20-8-14-33-11-3-5-18-43(33)45)52-49(51-47)46-21-9-15-34-12-4-6-19-44(34)46/h1-31H. The van der Waals surface area contributed by atoms with Crippen LogP contribution in [0.25, 0.3) is 99.5 Å². The van der Waals surface area contributed by atoms with Crippen LogP contribution in [-0.4, -0.2) is 15.0 Å². The summed E-state index contributed by atoms with van der Waals surface area (Å²) in [5.41, 5.74) is 7.60. The summed E-state index contributed by atoms with van der Waals surface area (Å²) >= 11 is 0. The number of hydrogen-bond acceptors (Lipinski definition) is 3. The summed E-state index contributed by atoms with van der Waals surface area (Å²) in [7, 11) is 0. The Morgan fingerprint density at radius 1 is 0.231 bits per heavy atom. The van der Waals surface area contributed by atoms with E-state index in [9.17, 15) is 0 Å². The highest BCUT2D eigenvalue weighted by Gasteiger charge is 2.16. The second kappa shape index (κ2) is 12.4. The lowest BCUT2D eigenvalue weighted by molar-refractivity contribution is 1.08. The van der Waals surface area contributed by atoms with E-state index in [0.29, 0.717) is 17.5 Å². The molecular weight excluding hydrogens is 631 g/mol. The summed E-state index contributed by atoms with van der Waals surface area (Å²) in [6.07, 6.45) is 0. The molecule has 3 nitrogen and oxygen atoms in total. The average molecular weight is 662 g/mol. The van der Waals surface area contributed by atoms with Crippen molar-refractivity contribution < 1.29 is 0 Å². The van der Waals surface area contributed by atoms with Gasteiger partial charge in [-0.05, 0) is 89.6 Å². The van der Waals surface area contributed by atoms with Gasteiger partial charge in [-0.25, -0.2) is 15.0 Å². The summed E-state index contributed by atoms with van der Waals surface area (Å²) < 4.78 is 0. The van der Waals surface area contributed by atoms with Crippen LogP contribution in [0.15, 0.2) is 188 Å². The zero-order chi connectivity index (χ0) is 34.4. The Labute approximate surface area is 301 Å². The van der Waals surface area contributed by atoms with Crippen LogP contribution in [0, 0.1) is 0 Å². The van der Waals surface area contributed by atoms with Crippen molar-refractivity contribution in [1.29, 1.82) is 0 Å². The molecule has 242 valence electrons. The summed E-state index contributed by atoms with van der Waals surface area (Å²) in [4.78, 5) is 15.4. The van der Waals surface area contributed by atoms with E-state index in [4.69, 9.17) is 15.0 Å². The molecule has 0 fully saturated rings. The second-order valence-electron chi connectivity index (χ2n) is 13.3. The van der Waals surface area contributed by atoms with Crippen molar-refractivity contribution in [2.45, 2.75) is 0 Å². The summed E-state index contributed by atoms with van der Waals surface area (Å²) in [6, 6.07) is 66.6. The zero-order valence-corrected chi connectivity index (χ0v) is 28.2. The number of fused-ring (bicyclic) bond motifs is 4. The van der Waals surface area contributed by atoms with Crippen LogP contribution >= 0.6 is 0 Å². The predicted octanol–water partition coefficient (Wildman–Crippen LogP) is 12.8. The number of benzene rings is 9. The van der Waals surface area contributed by atoms with Crippen LogP contribution in [0.3, 0.4) is 0 Å². The van der Waals surface area contributed by atoms with Crippen molar-refractivity contribution in [2.24, 2.45) is 0 Å². The fraction of sp³-hybridized carbons (Fsp3) is 0. The SMILES string of the molecule is c1cc(-c2ccc3cc(-c4ccc5ccccc5c4)ccc3c2)cc(-c2nc(-c3cccc4ccccc34)nc(-c3cccc4ccccc34)n2)c1. The van der Waals surface area contributed by atoms with E-state index in [0.717, 1.165) is 49.4 Å². The van der Waals surface area contributed by atoms with Crippen molar-refractivity contribution >= 4 is 43.1 Å². The third-order valence-corrected chi connectivity index (χ3v) is 10.1. The van der Waals surface area contributed by atoms with Crippen molar-refractivity contribution in [3.8, 4) is 56.4 Å². The molecule has 0 bridgehead atoms. The quantitative estimate of drug-likeness (QED) is 0.184. The molecule has 0 N–H and O–H groups in total. The van der Waals surface area contributed by atoms with Gasteiger partial charge >= 0.3 is 0 Å². The number of nitrogens with zero attached hydrogens (tertiary/aromatic N) is 3. The number of hydrogen-bond donors (Lipinski definition) is 0. The minimum absolute atomic E-state index is 0.642. The van der Waals surface area contributed by atoms with E-state index >= 15 is 0 Å². The zero-order valence-electron chi connectivity index (χ0n) is 28.2. The maximum Gasteiger partial charge on any atom is 0.164 e. The first-order valence-corrected chi connectivity index (χ1v) is 17.6. The van der Waals surface area contributed by atoms with E-state index in [1.165, 1.54) is 32.7 Å². The maximum absolute atomic E-state index is 5.15. The smallest absolute Gasteiger partial charge is 0.164 e. The average Bonchev–Trinajstić information content (AvgIpc) is 3.22. The fourth-order valence-corrected chi connectivity index (χ4v) is 7.40. The van der Waals surface area contributed by atoms with E-state index in [1.54, 1.807) is 0 Å². The predicted molar refractivity (Wildman–Crippen MR) is 217 cm³/mol. The molecule has 0 radical (unpaired) electrons. The van der Waals surface area contributed by atoms with Crippen molar-refractivity contribution in [3.05, 3.63) is 188 Å². The number of aromatic nitrogens is 3. The van der Waals surface area contributed by atoms with Crippen molar-refractivity contribution in [1.82, 2.24) is 15.0 Å². The molecule has 0 amide bonds. The monoisotopic (exact) mass is 661 g/mol. The molecule has 1 aromatic heterocycles. The Morgan fingerprint density at radius 3 is 1.19 bits per heavy atom. The minimum atomic E-state index is 0.642. The second-order valence-corrected chi connectivity index (χ2v) is 13.3. The summed E-state index contributed by atoms with van der Waals surface area (Å²) in [5.74, 6) is 1.95. The molecule has 10 rings (SSSR count). The van der Waals surface area contributed by atoms with Gasteiger partial charge < -0.3 is 0 Å². The third kappa shape index (κ3) is 5.37. The molecule has 0 spiro atoms. The summed E-state index contributed by atoms with van der Waals surface area (Å²) in [5, 5.41) is 9.44. The van der Waals surface area contributed by atoms with Crippen molar-refractivity contribution in [2.75, 3.05) is 0 Å². The lowest BCUT2D eigenvalue weighted by Crippen LogP contribution is -2.01. The third-order valence-electron chi connectivity index (χ3n) is 10.1. The molecule has 9 aromatic carbocycles. The van der Waals surface area contributed by atoms with Crippen LogP contribution in [0.5, 0.6) is 0 Å². The molecule has 0 unspecified atom stereocenters. The molecule has 52 heavy (non-hydrogen) atoms. The molecule has 0 atom stereocenters. The molecule has 3 heteroatoms. The first-order chi connectivity index (χ1) is 25.7. The van der Waals surface area contributed by atoms with Gasteiger partial charge in [0, 0.05) is 16.7 Å². The van der Waals surface area contributed by atoms with Crippen molar-refractivity contribution in [3.63, 3.8) is 0 Å². The Bertz CT molecular complexity index is 2870. The Hall–Kier alpha value is -6.97. The fourth-order valence-electron chi connectivity index (χ4n) is 7.40. The molecule has 0 saturated heterocycles. The van der Waals surface area contributed by atoms with Crippen LogP contribution in [-0.2, 0) is 0 Å². The van der Waals surface area contributed by atoms with Crippen LogP contribution in [0.1, 0.15) is 0 Å². The Morgan fingerprint density at radius 2 is 0.615 bits per heavy atom. The summed E-state index contributed by atoms with van der Waals surface area (Å²) in [6.45, 7) is 0. The molecule has 0 aliphatic rings. The Balaban J connectivity index is 1.07. The van der Waals surface area contributed by atoms with Gasteiger partial charge in [0.15, 0.2) is 17.5 Å². The Kier molecular flexibility index (Phi) is 7.14. The van der Waals surface area contributed by atoms with Gasteiger partial charge in [0.1, 0.15) is 0 Å². The first-order valence-electron chi connectivity index (χ1n) is 17.6. The van der Waals surface area contributed by atoms with E-state index in [1.807, 2.05) is 0 Å². The molecule has 0 saturated carbocycles. The molecule has 10 aromatic rings. The van der Waals surface area contributed by atoms with Gasteiger partial charge in [0.25, 0.3) is 0 Å². The molecule has 0 aliphatic carbocycles. The topological polar surface area (TPSA) is 38.7 Å². The first kappa shape index (κ1) is 29.9. The van der Waals surface area contributed by atoms with E-state index in [-0.39, 0.29) is 0 Å². The highest BCUT2D eigenvalue weighted by Crippen LogP contribution is 2.35. The van der Waals surface area contributed by atoms with Gasteiger partial charge in [0.05, 0.1) is 0 Å². The number of rotatable bonds is 5. The normalized spacial score (nSPS) is 11.5. The maximum atomic E-state index is 5.15. The van der Waals surface area contributed by atoms with Gasteiger partial charge in [-0.3, -0.25) is 0 Å². The minimum Gasteiger partial charge on any atom is -0.208 e. The van der Waals surface area contributed by atoms with Gasteiger partial charge in [-0.2, -0.15) is 0 Å². The van der Waals surface area contributed by atoms with Gasteiger partial charge in [-0.15, -0.1) is 0 Å². The molecule has 1 heterocycles. The van der Waals surface area contributed by atoms with E-state index < -0.39 is 0 Å². The largest absolute Gasteiger partial charge is 0.208 e.